The second-order valence-corrected chi connectivity index (χ2v) is 2.40. The molecule has 11 heavy (non-hydrogen) atoms. The van der Waals surface area contributed by atoms with Gasteiger partial charge in [-0.15, -0.1) is 0 Å². The monoisotopic (exact) mass is 154 g/mol. The molecule has 0 spiro atoms. The predicted molar refractivity (Wildman–Crippen MR) is 39.8 cm³/mol. The molecule has 1 heterocycles. The number of hydrogen-bond donors (Lipinski definition) is 1. The maximum absolute atomic E-state index is 8.23. The molecular weight excluding hydrogens is 144 g/mol. The number of nitrogens with zero attached hydrogens (tertiary/aromatic N) is 4. The average Bonchev–Trinajstić information content (AvgIpc) is 2.36. The lowest BCUT2D eigenvalue weighted by Crippen LogP contribution is -2.07. The third-order valence-electron chi connectivity index (χ3n) is 1.26. The van der Waals surface area contributed by atoms with Crippen LogP contribution in [0.25, 0.3) is 0 Å². The summed E-state index contributed by atoms with van der Waals surface area (Å²) in [5, 5.41) is 15.0. The average molecular weight is 154 g/mol. The van der Waals surface area contributed by atoms with Crippen molar-refractivity contribution in [3.63, 3.8) is 0 Å². The van der Waals surface area contributed by atoms with Crippen LogP contribution in [0.2, 0.25) is 0 Å². The zero-order valence-electron chi connectivity index (χ0n) is 6.47. The smallest absolute Gasteiger partial charge is 0.172 e. The molecule has 1 aromatic heterocycles. The number of oxime groups is 1. The van der Waals surface area contributed by atoms with E-state index in [4.69, 9.17) is 5.21 Å². The SMILES string of the molecule is CC(C)n1ncnc1C=NO. The van der Waals surface area contributed by atoms with Gasteiger partial charge in [0.25, 0.3) is 0 Å². The molecule has 0 aliphatic rings. The van der Waals surface area contributed by atoms with Gasteiger partial charge in [-0.2, -0.15) is 5.10 Å². The van der Waals surface area contributed by atoms with Crippen LogP contribution < -0.4 is 0 Å². The van der Waals surface area contributed by atoms with Crippen molar-refractivity contribution in [2.75, 3.05) is 0 Å². The molecule has 0 amide bonds. The molecule has 1 aromatic rings. The third-order valence-corrected chi connectivity index (χ3v) is 1.26. The summed E-state index contributed by atoms with van der Waals surface area (Å²) >= 11 is 0. The molecule has 0 saturated carbocycles. The normalized spacial score (nSPS) is 11.5. The first-order chi connectivity index (χ1) is 5.25. The first-order valence-corrected chi connectivity index (χ1v) is 3.32. The van der Waals surface area contributed by atoms with Crippen molar-refractivity contribution in [1.82, 2.24) is 14.8 Å². The van der Waals surface area contributed by atoms with Gasteiger partial charge in [0.05, 0.1) is 0 Å². The van der Waals surface area contributed by atoms with Gasteiger partial charge >= 0.3 is 0 Å². The molecule has 0 aliphatic carbocycles. The quantitative estimate of drug-likeness (QED) is 0.387. The molecule has 0 aromatic carbocycles. The summed E-state index contributed by atoms with van der Waals surface area (Å²) in [5.41, 5.74) is 0. The van der Waals surface area contributed by atoms with Crippen LogP contribution in [0.3, 0.4) is 0 Å². The van der Waals surface area contributed by atoms with Gasteiger partial charge in [-0.1, -0.05) is 5.16 Å². The third kappa shape index (κ3) is 1.54. The van der Waals surface area contributed by atoms with Gasteiger partial charge < -0.3 is 5.21 Å². The first-order valence-electron chi connectivity index (χ1n) is 3.32. The molecule has 0 atom stereocenters. The Hall–Kier alpha value is -1.39. The number of rotatable bonds is 2. The van der Waals surface area contributed by atoms with E-state index in [-0.39, 0.29) is 6.04 Å². The van der Waals surface area contributed by atoms with Crippen molar-refractivity contribution in [3.8, 4) is 0 Å². The van der Waals surface area contributed by atoms with Crippen LogP contribution in [0, 0.1) is 0 Å². The summed E-state index contributed by atoms with van der Waals surface area (Å²) in [4.78, 5) is 3.87. The lowest BCUT2D eigenvalue weighted by Gasteiger charge is -2.04. The van der Waals surface area contributed by atoms with Crippen LogP contribution in [0.1, 0.15) is 25.7 Å². The van der Waals surface area contributed by atoms with E-state index in [2.05, 4.69) is 15.2 Å². The van der Waals surface area contributed by atoms with Gasteiger partial charge in [-0.3, -0.25) is 0 Å². The molecule has 1 rings (SSSR count). The summed E-state index contributed by atoms with van der Waals surface area (Å²) in [6.07, 6.45) is 2.68. The van der Waals surface area contributed by atoms with E-state index in [0.717, 1.165) is 0 Å². The first kappa shape index (κ1) is 7.71. The van der Waals surface area contributed by atoms with E-state index in [1.165, 1.54) is 12.5 Å². The van der Waals surface area contributed by atoms with Crippen LogP contribution in [0.15, 0.2) is 11.5 Å². The molecule has 0 fully saturated rings. The topological polar surface area (TPSA) is 63.3 Å². The van der Waals surface area contributed by atoms with Crippen LogP contribution in [0.5, 0.6) is 0 Å². The number of hydrogen-bond acceptors (Lipinski definition) is 4. The van der Waals surface area contributed by atoms with Crippen molar-refractivity contribution in [3.05, 3.63) is 12.2 Å². The summed E-state index contributed by atoms with van der Waals surface area (Å²) in [5.74, 6) is 0.558. The van der Waals surface area contributed by atoms with Gasteiger partial charge in [-0.25, -0.2) is 9.67 Å². The molecule has 60 valence electrons. The summed E-state index contributed by atoms with van der Waals surface area (Å²) in [6.45, 7) is 3.95. The Kier molecular flexibility index (Phi) is 2.20. The Morgan fingerprint density at radius 3 is 3.00 bits per heavy atom. The van der Waals surface area contributed by atoms with E-state index in [0.29, 0.717) is 5.82 Å². The van der Waals surface area contributed by atoms with Crippen molar-refractivity contribution in [2.45, 2.75) is 19.9 Å². The minimum atomic E-state index is 0.227. The second kappa shape index (κ2) is 3.14. The fourth-order valence-corrected chi connectivity index (χ4v) is 0.801. The van der Waals surface area contributed by atoms with E-state index in [1.54, 1.807) is 4.68 Å². The zero-order chi connectivity index (χ0) is 8.27. The summed E-state index contributed by atoms with van der Waals surface area (Å²) in [6, 6.07) is 0.227. The van der Waals surface area contributed by atoms with Crippen LogP contribution in [-0.2, 0) is 0 Å². The van der Waals surface area contributed by atoms with E-state index < -0.39 is 0 Å². The van der Waals surface area contributed by atoms with Crippen molar-refractivity contribution < 1.29 is 5.21 Å². The zero-order valence-corrected chi connectivity index (χ0v) is 6.47. The van der Waals surface area contributed by atoms with E-state index in [1.807, 2.05) is 13.8 Å². The lowest BCUT2D eigenvalue weighted by atomic mass is 10.4. The van der Waals surface area contributed by atoms with Crippen molar-refractivity contribution in [1.29, 1.82) is 0 Å². The number of aromatic nitrogens is 3. The predicted octanol–water partition coefficient (Wildman–Crippen LogP) is 0.667. The standard InChI is InChI=1S/C6H10N4O/c1-5(2)10-6(3-9-11)7-4-8-10/h3-5,11H,1-2H3. The minimum absolute atomic E-state index is 0.227. The minimum Gasteiger partial charge on any atom is -0.411 e. The van der Waals surface area contributed by atoms with Crippen LogP contribution >= 0.6 is 0 Å². The fraction of sp³-hybridized carbons (Fsp3) is 0.500. The molecule has 0 saturated heterocycles. The largest absolute Gasteiger partial charge is 0.411 e. The van der Waals surface area contributed by atoms with Crippen LogP contribution in [0.4, 0.5) is 0 Å². The fourth-order valence-electron chi connectivity index (χ4n) is 0.801. The molecule has 0 bridgehead atoms. The Bertz CT molecular complexity index is 253. The Balaban J connectivity index is 2.96. The molecule has 5 nitrogen and oxygen atoms in total. The summed E-state index contributed by atoms with van der Waals surface area (Å²) < 4.78 is 1.67. The highest BCUT2D eigenvalue weighted by Crippen LogP contribution is 2.02. The highest BCUT2D eigenvalue weighted by Gasteiger charge is 2.03. The van der Waals surface area contributed by atoms with E-state index in [9.17, 15) is 0 Å². The van der Waals surface area contributed by atoms with Gasteiger partial charge in [0.1, 0.15) is 12.5 Å². The van der Waals surface area contributed by atoms with Crippen molar-refractivity contribution in [2.24, 2.45) is 5.16 Å². The maximum atomic E-state index is 8.23. The highest BCUT2D eigenvalue weighted by molar-refractivity contribution is 5.73. The molecule has 5 heteroatoms. The van der Waals surface area contributed by atoms with Gasteiger partial charge in [0.2, 0.25) is 0 Å². The Morgan fingerprint density at radius 2 is 2.45 bits per heavy atom. The highest BCUT2D eigenvalue weighted by atomic mass is 16.4. The van der Waals surface area contributed by atoms with Gasteiger partial charge in [0, 0.05) is 6.04 Å². The molecule has 1 N–H and O–H groups in total. The molecular formula is C6H10N4O. The lowest BCUT2D eigenvalue weighted by molar-refractivity contribution is 0.321. The Labute approximate surface area is 64.4 Å². The van der Waals surface area contributed by atoms with Gasteiger partial charge in [0.15, 0.2) is 5.82 Å². The molecule has 0 unspecified atom stereocenters. The van der Waals surface area contributed by atoms with Crippen LogP contribution in [-0.4, -0.2) is 26.2 Å². The maximum Gasteiger partial charge on any atom is 0.172 e. The van der Waals surface area contributed by atoms with Gasteiger partial charge in [-0.05, 0) is 13.8 Å². The molecule has 0 aliphatic heterocycles. The van der Waals surface area contributed by atoms with E-state index >= 15 is 0 Å². The summed E-state index contributed by atoms with van der Waals surface area (Å²) in [7, 11) is 0. The Morgan fingerprint density at radius 1 is 1.73 bits per heavy atom. The van der Waals surface area contributed by atoms with Crippen molar-refractivity contribution >= 4 is 6.21 Å². The second-order valence-electron chi connectivity index (χ2n) is 2.40. The molecule has 0 radical (unpaired) electrons.